The Balaban J connectivity index is 0.916. The molecule has 2 aromatic heterocycles. The van der Waals surface area contributed by atoms with E-state index in [0.717, 1.165) is 52.0 Å². The van der Waals surface area contributed by atoms with Gasteiger partial charge in [0.1, 0.15) is 5.75 Å². The first kappa shape index (κ1) is 30.7. The Kier molecular flexibility index (Phi) is 8.76. The highest BCUT2D eigenvalue weighted by Crippen LogP contribution is 2.32. The molecule has 2 heterocycles. The van der Waals surface area contributed by atoms with Gasteiger partial charge in [-0.25, -0.2) is 0 Å². The van der Waals surface area contributed by atoms with Gasteiger partial charge in [0, 0.05) is 46.6 Å². The average molecular weight is 699 g/mol. The van der Waals surface area contributed by atoms with E-state index in [1.54, 1.807) is 9.13 Å². The van der Waals surface area contributed by atoms with Crippen LogP contribution in [0, 0.1) is 19.1 Å². The summed E-state index contributed by atoms with van der Waals surface area (Å²) >= 11 is 21.4. The summed E-state index contributed by atoms with van der Waals surface area (Å²) in [5.41, 5.74) is 6.59. The van der Waals surface area contributed by atoms with Crippen molar-refractivity contribution in [2.24, 2.45) is 0 Å². The van der Waals surface area contributed by atoms with Crippen molar-refractivity contribution < 1.29 is 4.74 Å². The van der Waals surface area contributed by atoms with Crippen molar-refractivity contribution in [3.63, 3.8) is 0 Å². The van der Waals surface area contributed by atoms with Crippen molar-refractivity contribution in [2.75, 3.05) is 28.0 Å². The lowest BCUT2D eigenvalue weighted by molar-refractivity contribution is 0.347. The van der Waals surface area contributed by atoms with Crippen LogP contribution in [0.2, 0.25) is 0 Å². The van der Waals surface area contributed by atoms with Gasteiger partial charge in [0.15, 0.2) is 25.8 Å². The fourth-order valence-corrected chi connectivity index (χ4v) is 6.35. The molecule has 8 N–H and O–H groups in total. The molecule has 1 fully saturated rings. The van der Waals surface area contributed by atoms with Crippen LogP contribution in [0.4, 0.5) is 28.4 Å². The molecular formula is C32H30N10OS4. The molecule has 0 aliphatic heterocycles. The van der Waals surface area contributed by atoms with E-state index in [4.69, 9.17) is 53.6 Å². The fraction of sp³-hybridized carbons (Fsp3) is 0.125. The Morgan fingerprint density at radius 1 is 0.574 bits per heavy atom. The molecule has 238 valence electrons. The van der Waals surface area contributed by atoms with Crippen LogP contribution in [0.15, 0.2) is 97.1 Å². The van der Waals surface area contributed by atoms with E-state index in [0.29, 0.717) is 37.9 Å². The van der Waals surface area contributed by atoms with E-state index < -0.39 is 0 Å². The number of hydrogen-bond donors (Lipinski definition) is 8. The molecule has 7 rings (SSSR count). The van der Waals surface area contributed by atoms with E-state index in [-0.39, 0.29) is 0 Å². The van der Waals surface area contributed by atoms with Crippen molar-refractivity contribution in [1.29, 1.82) is 0 Å². The summed E-state index contributed by atoms with van der Waals surface area (Å²) in [6, 6.07) is 32.7. The highest BCUT2D eigenvalue weighted by atomic mass is 32.1. The number of aromatic amines is 4. The summed E-state index contributed by atoms with van der Waals surface area (Å²) in [5, 5.41) is 25.5. The lowest BCUT2D eigenvalue weighted by atomic mass is 10.2. The Labute approximate surface area is 290 Å². The number of rotatable bonds is 12. The molecule has 11 nitrogen and oxygen atoms in total. The van der Waals surface area contributed by atoms with Crippen LogP contribution >= 0.6 is 48.9 Å². The quantitative estimate of drug-likeness (QED) is 0.0470. The third-order valence-corrected chi connectivity index (χ3v) is 8.71. The van der Waals surface area contributed by atoms with Crippen molar-refractivity contribution >= 4 is 77.3 Å². The molecule has 15 heteroatoms. The van der Waals surface area contributed by atoms with Crippen molar-refractivity contribution in [2.45, 2.75) is 18.5 Å². The summed E-state index contributed by atoms with van der Waals surface area (Å²) in [7, 11) is 0. The normalized spacial score (nSPS) is 15.1. The van der Waals surface area contributed by atoms with Crippen LogP contribution in [-0.4, -0.2) is 48.3 Å². The number of nitrogens with one attached hydrogen (secondary N) is 8. The minimum Gasteiger partial charge on any atom is -0.473 e. The zero-order valence-corrected chi connectivity index (χ0v) is 28.0. The fourth-order valence-electron chi connectivity index (χ4n) is 5.24. The molecule has 1 saturated carbocycles. The van der Waals surface area contributed by atoms with Crippen LogP contribution in [0.25, 0.3) is 11.4 Å². The third kappa shape index (κ3) is 7.23. The molecule has 47 heavy (non-hydrogen) atoms. The summed E-state index contributed by atoms with van der Waals surface area (Å²) in [6.07, 6.45) is 1.01. The average Bonchev–Trinajstić information content (AvgIpc) is 3.55. The van der Waals surface area contributed by atoms with Gasteiger partial charge in [-0.2, -0.15) is 0 Å². The van der Waals surface area contributed by atoms with E-state index >= 15 is 0 Å². The van der Waals surface area contributed by atoms with E-state index in [1.807, 2.05) is 78.9 Å². The number of nitrogens with zero attached hydrogens (tertiary/aromatic N) is 2. The first-order chi connectivity index (χ1) is 22.9. The summed E-state index contributed by atoms with van der Waals surface area (Å²) in [6.45, 7) is 0.300. The molecule has 1 aliphatic carbocycles. The molecule has 4 aromatic carbocycles. The lowest BCUT2D eigenvalue weighted by Gasteiger charge is -2.13. The van der Waals surface area contributed by atoms with Crippen LogP contribution in [0.3, 0.4) is 0 Å². The molecule has 0 spiro atoms. The summed E-state index contributed by atoms with van der Waals surface area (Å²) < 4.78 is 11.6. The molecule has 0 amide bonds. The summed E-state index contributed by atoms with van der Waals surface area (Å²) in [4.78, 5) is 0. The minimum absolute atomic E-state index is 0.300. The van der Waals surface area contributed by atoms with Crippen LogP contribution in [0.5, 0.6) is 5.75 Å². The van der Waals surface area contributed by atoms with Gasteiger partial charge in [-0.15, -0.1) is 0 Å². The smallest absolute Gasteiger partial charge is 0.198 e. The largest absolute Gasteiger partial charge is 0.473 e. The minimum atomic E-state index is 0.300. The molecular weight excluding hydrogens is 669 g/mol. The number of aromatic nitrogens is 6. The van der Waals surface area contributed by atoms with E-state index in [2.05, 4.69) is 59.9 Å². The zero-order chi connectivity index (χ0) is 32.3. The number of H-pyrrole nitrogens is 4. The first-order valence-corrected chi connectivity index (χ1v) is 16.4. The zero-order valence-electron chi connectivity index (χ0n) is 24.7. The Morgan fingerprint density at radius 2 is 1.04 bits per heavy atom. The molecule has 0 bridgehead atoms. The van der Waals surface area contributed by atoms with Gasteiger partial charge >= 0.3 is 0 Å². The predicted molar refractivity (Wildman–Crippen MR) is 197 cm³/mol. The monoisotopic (exact) mass is 698 g/mol. The highest BCUT2D eigenvalue weighted by molar-refractivity contribution is 7.72. The molecule has 2 unspecified atom stereocenters. The number of anilines is 5. The van der Waals surface area contributed by atoms with Gasteiger partial charge < -0.3 is 26.0 Å². The second kappa shape index (κ2) is 13.4. The molecule has 0 radical (unpaired) electrons. The SMILES string of the molecule is S=c1[nH][nH]c(=S)n1-c1cccc(NCOc2cccc(NC3CC3Nc3cccc(Nc4cccc(-n5c(=S)[nH][nH]c5=S)c4)c3)c2)c1. The topological polar surface area (TPSA) is 130 Å². The Bertz CT molecular complexity index is 2230. The van der Waals surface area contributed by atoms with E-state index in [1.165, 1.54) is 0 Å². The van der Waals surface area contributed by atoms with Gasteiger partial charge in [-0.3, -0.25) is 29.5 Å². The second-order valence-electron chi connectivity index (χ2n) is 10.9. The van der Waals surface area contributed by atoms with Crippen molar-refractivity contribution in [3.8, 4) is 17.1 Å². The van der Waals surface area contributed by atoms with Gasteiger partial charge in [0.05, 0.1) is 11.4 Å². The van der Waals surface area contributed by atoms with Crippen LogP contribution in [0.1, 0.15) is 6.42 Å². The molecule has 2 atom stereocenters. The first-order valence-electron chi connectivity index (χ1n) is 14.8. The second-order valence-corrected chi connectivity index (χ2v) is 12.5. The summed E-state index contributed by atoms with van der Waals surface area (Å²) in [5.74, 6) is 0.767. The molecule has 1 aliphatic rings. The van der Waals surface area contributed by atoms with Gasteiger partial charge in [0.25, 0.3) is 0 Å². The Hall–Kier alpha value is -4.96. The van der Waals surface area contributed by atoms with Crippen molar-refractivity contribution in [3.05, 3.63) is 116 Å². The predicted octanol–water partition coefficient (Wildman–Crippen LogP) is 8.36. The van der Waals surface area contributed by atoms with Crippen LogP contribution in [-0.2, 0) is 0 Å². The van der Waals surface area contributed by atoms with E-state index in [9.17, 15) is 0 Å². The number of benzene rings is 4. The van der Waals surface area contributed by atoms with Gasteiger partial charge in [-0.1, -0.05) is 24.3 Å². The van der Waals surface area contributed by atoms with Gasteiger partial charge in [0.2, 0.25) is 0 Å². The van der Waals surface area contributed by atoms with Crippen LogP contribution < -0.4 is 26.0 Å². The third-order valence-electron chi connectivity index (χ3n) is 7.57. The highest BCUT2D eigenvalue weighted by Gasteiger charge is 2.37. The lowest BCUT2D eigenvalue weighted by Crippen LogP contribution is -2.14. The maximum absolute atomic E-state index is 6.01. The molecule has 0 saturated heterocycles. The number of hydrogen-bond acceptors (Lipinski definition) is 9. The maximum atomic E-state index is 6.01. The standard InChI is InChI=1S/C32H30N10OS4/c44-29-37-38-30(45)41(29)24-10-2-5-19(14-24)33-18-43-26-12-4-9-23(16-26)36-28-17-27(28)35-21-7-1-6-20(13-21)34-22-8-3-11-25(15-22)42-31(46)39-40-32(42)47/h1-16,27-28,33-36H,17-18H2,(H,37,44)(H,38,45)(H,39,46)(H,40,47). The van der Waals surface area contributed by atoms with Crippen molar-refractivity contribution in [1.82, 2.24) is 29.5 Å². The Morgan fingerprint density at radius 3 is 1.66 bits per heavy atom. The van der Waals surface area contributed by atoms with Gasteiger partial charge in [-0.05, 0) is 122 Å². The number of ether oxygens (including phenoxy) is 1. The molecule has 6 aromatic rings. The maximum Gasteiger partial charge on any atom is 0.198 e.